The number of rotatable bonds is 3. The molecule has 10 heteroatoms. The second kappa shape index (κ2) is 5.67. The minimum atomic E-state index is -3.86. The van der Waals surface area contributed by atoms with Crippen molar-refractivity contribution >= 4 is 59.4 Å². The van der Waals surface area contributed by atoms with Crippen molar-refractivity contribution in [3.8, 4) is 0 Å². The van der Waals surface area contributed by atoms with Crippen molar-refractivity contribution < 1.29 is 23.1 Å². The topological polar surface area (TPSA) is 118 Å². The van der Waals surface area contributed by atoms with E-state index in [-0.39, 0.29) is 24.2 Å². The van der Waals surface area contributed by atoms with E-state index >= 15 is 0 Å². The predicted molar refractivity (Wildman–Crippen MR) is 82.7 cm³/mol. The number of hydrogen-bond acceptors (Lipinski definition) is 4. The molecule has 0 saturated carbocycles. The normalized spacial score (nSPS) is 19.1. The van der Waals surface area contributed by atoms with Gasteiger partial charge < -0.3 is 10.0 Å². The van der Waals surface area contributed by atoms with E-state index in [1.165, 1.54) is 6.07 Å². The summed E-state index contributed by atoms with van der Waals surface area (Å²) in [6.07, 6.45) is -0.263. The maximum atomic E-state index is 12.0. The van der Waals surface area contributed by atoms with Crippen LogP contribution in [0.15, 0.2) is 21.1 Å². The Balaban J connectivity index is 2.53. The van der Waals surface area contributed by atoms with Crippen molar-refractivity contribution in [3.05, 3.63) is 26.6 Å². The van der Waals surface area contributed by atoms with E-state index in [0.29, 0.717) is 8.95 Å². The molecule has 1 heterocycles. The fraction of sp³-hybridized carbons (Fsp3) is 0.273. The van der Waals surface area contributed by atoms with Gasteiger partial charge in [-0.2, -0.15) is 0 Å². The monoisotopic (exact) mass is 440 g/mol. The van der Waals surface area contributed by atoms with Crippen LogP contribution in [0.25, 0.3) is 0 Å². The summed E-state index contributed by atoms with van der Waals surface area (Å²) in [5, 5.41) is 13.3. The first-order valence-corrected chi connectivity index (χ1v) is 8.85. The van der Waals surface area contributed by atoms with Crippen LogP contribution in [0, 0.1) is 0 Å². The number of carbonyl (C=O) groups is 2. The third-order valence-electron chi connectivity index (χ3n) is 3.08. The van der Waals surface area contributed by atoms with Gasteiger partial charge in [-0.15, -0.1) is 0 Å². The van der Waals surface area contributed by atoms with E-state index in [1.54, 1.807) is 6.07 Å². The van der Waals surface area contributed by atoms with E-state index < -0.39 is 27.1 Å². The van der Waals surface area contributed by atoms with Crippen LogP contribution < -0.4 is 10.0 Å². The van der Waals surface area contributed by atoms with Crippen LogP contribution in [-0.2, 0) is 14.8 Å². The second-order valence-electron chi connectivity index (χ2n) is 4.51. The van der Waals surface area contributed by atoms with Gasteiger partial charge in [0.25, 0.3) is 0 Å². The standard InChI is InChI=1S/C11H10Br2N2O5S/c12-5-1-7(11(17)18)10(8(13)2-5)15-4-6(3-9(15)16)21(14,19)20/h1-2,6H,3-4H2,(H,17,18)(H2,14,19,20). The van der Waals surface area contributed by atoms with E-state index in [0.717, 1.165) is 4.90 Å². The maximum Gasteiger partial charge on any atom is 0.337 e. The lowest BCUT2D eigenvalue weighted by Gasteiger charge is -2.20. The number of nitrogens with zero attached hydrogens (tertiary/aromatic N) is 1. The summed E-state index contributed by atoms with van der Waals surface area (Å²) in [6, 6.07) is 2.93. The van der Waals surface area contributed by atoms with Gasteiger partial charge in [0.1, 0.15) is 5.25 Å². The SMILES string of the molecule is NS(=O)(=O)C1CC(=O)N(c2c(Br)cc(Br)cc2C(=O)O)C1. The Morgan fingerprint density at radius 2 is 2.00 bits per heavy atom. The molecule has 0 spiro atoms. The number of benzene rings is 1. The molecule has 0 radical (unpaired) electrons. The summed E-state index contributed by atoms with van der Waals surface area (Å²) in [5.74, 6) is -1.71. The Kier molecular flexibility index (Phi) is 4.43. The van der Waals surface area contributed by atoms with E-state index in [1.807, 2.05) is 0 Å². The number of sulfonamides is 1. The summed E-state index contributed by atoms with van der Waals surface area (Å²) in [4.78, 5) is 24.5. The Bertz CT molecular complexity index is 734. The molecule has 1 fully saturated rings. The molecule has 1 unspecified atom stereocenters. The summed E-state index contributed by atoms with van der Waals surface area (Å²) in [5.41, 5.74) is 0.0153. The van der Waals surface area contributed by atoms with E-state index in [9.17, 15) is 23.1 Å². The zero-order chi connectivity index (χ0) is 15.9. The number of carbonyl (C=O) groups excluding carboxylic acids is 1. The number of halogens is 2. The number of nitrogens with two attached hydrogens (primary N) is 1. The predicted octanol–water partition coefficient (Wildman–Crippen LogP) is 1.30. The lowest BCUT2D eigenvalue weighted by atomic mass is 10.1. The number of carboxylic acids is 1. The van der Waals surface area contributed by atoms with Crippen LogP contribution >= 0.6 is 31.9 Å². The Morgan fingerprint density at radius 3 is 2.48 bits per heavy atom. The van der Waals surface area contributed by atoms with Gasteiger partial charge in [-0.25, -0.2) is 18.4 Å². The first kappa shape index (κ1) is 16.4. The molecule has 0 bridgehead atoms. The molecule has 21 heavy (non-hydrogen) atoms. The average Bonchev–Trinajstić information content (AvgIpc) is 2.70. The molecule has 1 aliphatic heterocycles. The summed E-state index contributed by atoms with van der Waals surface area (Å²) in [7, 11) is -3.86. The zero-order valence-electron chi connectivity index (χ0n) is 10.4. The molecular weight excluding hydrogens is 432 g/mol. The minimum Gasteiger partial charge on any atom is -0.478 e. The molecule has 1 aliphatic rings. The van der Waals surface area contributed by atoms with Crippen molar-refractivity contribution in [1.29, 1.82) is 0 Å². The van der Waals surface area contributed by atoms with Gasteiger partial charge in [0.15, 0.2) is 0 Å². The van der Waals surface area contributed by atoms with Gasteiger partial charge >= 0.3 is 5.97 Å². The highest BCUT2D eigenvalue weighted by atomic mass is 79.9. The summed E-state index contributed by atoms with van der Waals surface area (Å²) >= 11 is 6.38. The van der Waals surface area contributed by atoms with Gasteiger partial charge in [-0.05, 0) is 28.1 Å². The fourth-order valence-corrected chi connectivity index (χ4v) is 4.29. The van der Waals surface area contributed by atoms with Crippen molar-refractivity contribution in [3.63, 3.8) is 0 Å². The molecule has 1 atom stereocenters. The Labute approximate surface area is 137 Å². The van der Waals surface area contributed by atoms with Crippen LogP contribution in [0.4, 0.5) is 5.69 Å². The molecule has 0 aromatic heterocycles. The van der Waals surface area contributed by atoms with Crippen LogP contribution in [0.1, 0.15) is 16.8 Å². The van der Waals surface area contributed by atoms with Crippen LogP contribution in [-0.4, -0.2) is 37.2 Å². The summed E-state index contributed by atoms with van der Waals surface area (Å²) in [6.45, 7) is -0.168. The molecule has 1 amide bonds. The van der Waals surface area contributed by atoms with Crippen LogP contribution in [0.5, 0.6) is 0 Å². The molecule has 1 aromatic carbocycles. The molecule has 0 aliphatic carbocycles. The third-order valence-corrected chi connectivity index (χ3v) is 5.39. The minimum absolute atomic E-state index is 0.111. The second-order valence-corrected chi connectivity index (χ2v) is 8.12. The highest BCUT2D eigenvalue weighted by molar-refractivity contribution is 9.11. The number of anilines is 1. The molecular formula is C11H10Br2N2O5S. The van der Waals surface area contributed by atoms with Gasteiger partial charge in [0.2, 0.25) is 15.9 Å². The molecule has 2 rings (SSSR count). The van der Waals surface area contributed by atoms with Gasteiger partial charge in [0.05, 0.1) is 11.3 Å². The first-order chi connectivity index (χ1) is 9.61. The van der Waals surface area contributed by atoms with Gasteiger partial charge in [-0.3, -0.25) is 4.79 Å². The first-order valence-electron chi connectivity index (χ1n) is 5.65. The zero-order valence-corrected chi connectivity index (χ0v) is 14.4. The number of carboxylic acid groups (broad SMARTS) is 1. The number of amides is 1. The smallest absolute Gasteiger partial charge is 0.337 e. The Morgan fingerprint density at radius 1 is 1.38 bits per heavy atom. The Hall–Kier alpha value is -0.970. The lowest BCUT2D eigenvalue weighted by molar-refractivity contribution is -0.117. The molecule has 1 aromatic rings. The molecule has 1 saturated heterocycles. The van der Waals surface area contributed by atoms with Crippen molar-refractivity contribution in [2.45, 2.75) is 11.7 Å². The van der Waals surface area contributed by atoms with Crippen molar-refractivity contribution in [2.75, 3.05) is 11.4 Å². The third kappa shape index (κ3) is 3.28. The lowest BCUT2D eigenvalue weighted by Crippen LogP contribution is -2.32. The van der Waals surface area contributed by atoms with Crippen molar-refractivity contribution in [1.82, 2.24) is 0 Å². The summed E-state index contributed by atoms with van der Waals surface area (Å²) < 4.78 is 23.6. The molecule has 114 valence electrons. The van der Waals surface area contributed by atoms with E-state index in [4.69, 9.17) is 5.14 Å². The van der Waals surface area contributed by atoms with Gasteiger partial charge in [-0.1, -0.05) is 15.9 Å². The number of hydrogen-bond donors (Lipinski definition) is 2. The van der Waals surface area contributed by atoms with E-state index in [2.05, 4.69) is 31.9 Å². The van der Waals surface area contributed by atoms with Crippen LogP contribution in [0.3, 0.4) is 0 Å². The maximum absolute atomic E-state index is 12.0. The molecule has 3 N–H and O–H groups in total. The fourth-order valence-electron chi connectivity index (χ4n) is 2.11. The van der Waals surface area contributed by atoms with Gasteiger partial charge in [0, 0.05) is 21.9 Å². The quantitative estimate of drug-likeness (QED) is 0.732. The van der Waals surface area contributed by atoms with Crippen LogP contribution in [0.2, 0.25) is 0 Å². The molecule has 7 nitrogen and oxygen atoms in total. The average molecular weight is 442 g/mol. The number of aromatic carboxylic acids is 1. The van der Waals surface area contributed by atoms with Crippen molar-refractivity contribution in [2.24, 2.45) is 5.14 Å². The highest BCUT2D eigenvalue weighted by Crippen LogP contribution is 2.36. The largest absolute Gasteiger partial charge is 0.478 e. The number of primary sulfonamides is 1. The highest BCUT2D eigenvalue weighted by Gasteiger charge is 2.39.